The Morgan fingerprint density at radius 1 is 1.29 bits per heavy atom. The second-order valence-electron chi connectivity index (χ2n) is 6.91. The Balaban J connectivity index is 0.00000107. The molecule has 31 heavy (non-hydrogen) atoms. The van der Waals surface area contributed by atoms with Gasteiger partial charge in [-0.15, -0.1) is 0 Å². The van der Waals surface area contributed by atoms with Crippen LogP contribution in [0.1, 0.15) is 37.8 Å². The number of hydrogen-bond acceptors (Lipinski definition) is 8. The SMILES string of the molecule is CCC.COCCCOc1cc2c(nc1OC)-c1cc(=O)c(/C(=N/N)NN)cn1CC2. The maximum atomic E-state index is 12.5. The third-order valence-corrected chi connectivity index (χ3v) is 4.49. The van der Waals surface area contributed by atoms with Crippen molar-refractivity contribution in [3.8, 4) is 23.0 Å². The molecular formula is C21H32N6O4. The van der Waals surface area contributed by atoms with Crippen molar-refractivity contribution in [3.05, 3.63) is 39.7 Å². The van der Waals surface area contributed by atoms with Crippen LogP contribution < -0.4 is 32.0 Å². The number of hydrazine groups is 1. The highest BCUT2D eigenvalue weighted by molar-refractivity contribution is 5.98. The minimum atomic E-state index is -0.262. The van der Waals surface area contributed by atoms with Crippen LogP contribution in [0.4, 0.5) is 0 Å². The molecule has 1 aliphatic heterocycles. The van der Waals surface area contributed by atoms with Crippen molar-refractivity contribution in [3.63, 3.8) is 0 Å². The molecule has 2 aromatic rings. The van der Waals surface area contributed by atoms with E-state index in [1.54, 1.807) is 13.3 Å². The van der Waals surface area contributed by atoms with Gasteiger partial charge in [-0.25, -0.2) is 10.8 Å². The summed E-state index contributed by atoms with van der Waals surface area (Å²) in [5.74, 6) is 11.8. The molecule has 0 saturated carbocycles. The molecule has 1 aliphatic rings. The fourth-order valence-corrected chi connectivity index (χ4v) is 3.13. The van der Waals surface area contributed by atoms with Gasteiger partial charge in [0.05, 0.1) is 30.7 Å². The molecule has 5 N–H and O–H groups in total. The van der Waals surface area contributed by atoms with Crippen molar-refractivity contribution >= 4 is 5.84 Å². The molecule has 0 fully saturated rings. The van der Waals surface area contributed by atoms with E-state index in [1.165, 1.54) is 19.6 Å². The predicted molar refractivity (Wildman–Crippen MR) is 120 cm³/mol. The second-order valence-corrected chi connectivity index (χ2v) is 6.91. The van der Waals surface area contributed by atoms with Crippen molar-refractivity contribution in [2.24, 2.45) is 16.8 Å². The molecule has 10 nitrogen and oxygen atoms in total. The first kappa shape index (κ1) is 24.2. The van der Waals surface area contributed by atoms with Gasteiger partial charge in [-0.2, -0.15) is 5.10 Å². The third kappa shape index (κ3) is 5.74. The standard InChI is InChI=1S/C18H24N6O4.C3H8/c1-26-6-3-7-28-15-8-11-4-5-24-10-12(17(22-19)23-20)14(25)9-13(24)16(11)21-18(15)27-2;1-3-2/h8-10H,3-7,19-20H2,1-2H3,(H,22,23);3H2,1-2H3. The van der Waals surface area contributed by atoms with Gasteiger partial charge < -0.3 is 30.0 Å². The van der Waals surface area contributed by atoms with Gasteiger partial charge >= 0.3 is 0 Å². The van der Waals surface area contributed by atoms with Crippen LogP contribution in [0.2, 0.25) is 0 Å². The molecule has 0 saturated heterocycles. The fraction of sp³-hybridized carbons (Fsp3) is 0.476. The molecule has 0 spiro atoms. The summed E-state index contributed by atoms with van der Waals surface area (Å²) < 4.78 is 18.1. The summed E-state index contributed by atoms with van der Waals surface area (Å²) in [6, 6.07) is 3.42. The molecular weight excluding hydrogens is 400 g/mol. The van der Waals surface area contributed by atoms with E-state index in [9.17, 15) is 4.79 Å². The molecule has 0 amide bonds. The zero-order valence-electron chi connectivity index (χ0n) is 18.6. The molecule has 0 bridgehead atoms. The van der Waals surface area contributed by atoms with Gasteiger partial charge in [0.15, 0.2) is 17.0 Å². The Kier molecular flexibility index (Phi) is 9.29. The highest BCUT2D eigenvalue weighted by Gasteiger charge is 2.23. The van der Waals surface area contributed by atoms with Gasteiger partial charge in [0.2, 0.25) is 0 Å². The Morgan fingerprint density at radius 2 is 2.03 bits per heavy atom. The summed E-state index contributed by atoms with van der Waals surface area (Å²) in [5.41, 5.74) is 4.73. The van der Waals surface area contributed by atoms with Crippen LogP contribution in [0, 0.1) is 0 Å². The smallest absolute Gasteiger partial charge is 0.257 e. The quantitative estimate of drug-likeness (QED) is 0.196. The highest BCUT2D eigenvalue weighted by atomic mass is 16.5. The number of aromatic nitrogens is 2. The number of nitrogens with zero attached hydrogens (tertiary/aromatic N) is 3. The number of nitrogens with two attached hydrogens (primary N) is 2. The molecule has 2 aromatic heterocycles. The average molecular weight is 433 g/mol. The number of methoxy groups -OCH3 is 2. The lowest BCUT2D eigenvalue weighted by atomic mass is 10.0. The molecule has 3 rings (SSSR count). The van der Waals surface area contributed by atoms with Crippen molar-refractivity contribution in [1.82, 2.24) is 15.0 Å². The normalized spacial score (nSPS) is 12.2. The predicted octanol–water partition coefficient (Wildman–Crippen LogP) is 1.39. The van der Waals surface area contributed by atoms with Gasteiger partial charge in [0, 0.05) is 38.9 Å². The molecule has 0 atom stereocenters. The van der Waals surface area contributed by atoms with E-state index in [4.69, 9.17) is 25.9 Å². The Morgan fingerprint density at radius 3 is 2.65 bits per heavy atom. The Hall–Kier alpha value is -3.11. The number of nitrogens with one attached hydrogen (secondary N) is 1. The van der Waals surface area contributed by atoms with E-state index in [1.807, 2.05) is 10.6 Å². The van der Waals surface area contributed by atoms with E-state index >= 15 is 0 Å². The molecule has 0 radical (unpaired) electrons. The van der Waals surface area contributed by atoms with E-state index in [0.29, 0.717) is 48.3 Å². The monoisotopic (exact) mass is 432 g/mol. The van der Waals surface area contributed by atoms with Crippen LogP contribution in [0.5, 0.6) is 11.6 Å². The van der Waals surface area contributed by atoms with E-state index in [0.717, 1.165) is 18.4 Å². The highest BCUT2D eigenvalue weighted by Crippen LogP contribution is 2.35. The van der Waals surface area contributed by atoms with Crippen molar-refractivity contribution < 1.29 is 14.2 Å². The topological polar surface area (TPSA) is 139 Å². The van der Waals surface area contributed by atoms with Crippen molar-refractivity contribution in [2.45, 2.75) is 39.7 Å². The maximum Gasteiger partial charge on any atom is 0.257 e. The van der Waals surface area contributed by atoms with Gasteiger partial charge in [0.25, 0.3) is 5.88 Å². The average Bonchev–Trinajstić information content (AvgIpc) is 2.78. The summed E-state index contributed by atoms with van der Waals surface area (Å²) >= 11 is 0. The van der Waals surface area contributed by atoms with Crippen LogP contribution in [0.25, 0.3) is 11.4 Å². The first-order valence-corrected chi connectivity index (χ1v) is 10.2. The lowest BCUT2D eigenvalue weighted by molar-refractivity contribution is 0.170. The Bertz CT molecular complexity index is 958. The number of fused-ring (bicyclic) bond motifs is 3. The van der Waals surface area contributed by atoms with Crippen LogP contribution in [-0.2, 0) is 17.7 Å². The maximum absolute atomic E-state index is 12.5. The third-order valence-electron chi connectivity index (χ3n) is 4.49. The number of aryl methyl sites for hydroxylation is 2. The molecule has 3 heterocycles. The van der Waals surface area contributed by atoms with Crippen molar-refractivity contribution in [2.75, 3.05) is 27.4 Å². The first-order chi connectivity index (χ1) is 15.0. The lowest BCUT2D eigenvalue weighted by Crippen LogP contribution is -2.36. The summed E-state index contributed by atoms with van der Waals surface area (Å²) in [6.07, 6.45) is 4.41. The zero-order chi connectivity index (χ0) is 22.8. The summed E-state index contributed by atoms with van der Waals surface area (Å²) in [6.45, 7) is 6.03. The van der Waals surface area contributed by atoms with Crippen LogP contribution >= 0.6 is 0 Å². The zero-order valence-corrected chi connectivity index (χ0v) is 18.6. The minimum Gasteiger partial charge on any atom is -0.488 e. The number of pyridine rings is 2. The van der Waals surface area contributed by atoms with Gasteiger partial charge in [-0.3, -0.25) is 4.79 Å². The lowest BCUT2D eigenvalue weighted by Gasteiger charge is -2.23. The second kappa shape index (κ2) is 11.9. The van der Waals surface area contributed by atoms with Crippen LogP contribution in [0.15, 0.2) is 28.2 Å². The van der Waals surface area contributed by atoms with E-state index in [2.05, 4.69) is 29.4 Å². The molecule has 10 heteroatoms. The Labute approximate surface area is 182 Å². The number of hydrazone groups is 1. The number of rotatable bonds is 7. The molecule has 0 unspecified atom stereocenters. The van der Waals surface area contributed by atoms with Gasteiger partial charge in [0.1, 0.15) is 0 Å². The summed E-state index contributed by atoms with van der Waals surface area (Å²) in [4.78, 5) is 17.1. The molecule has 170 valence electrons. The fourth-order valence-electron chi connectivity index (χ4n) is 3.13. The van der Waals surface area contributed by atoms with Gasteiger partial charge in [-0.1, -0.05) is 20.3 Å². The minimum absolute atomic E-state index is 0.122. The van der Waals surface area contributed by atoms with Crippen LogP contribution in [0.3, 0.4) is 0 Å². The molecule has 0 aromatic carbocycles. The van der Waals surface area contributed by atoms with Crippen LogP contribution in [-0.4, -0.2) is 42.8 Å². The van der Waals surface area contributed by atoms with E-state index in [-0.39, 0.29) is 11.3 Å². The first-order valence-electron chi connectivity index (χ1n) is 10.2. The number of ether oxygens (including phenoxy) is 3. The van der Waals surface area contributed by atoms with E-state index < -0.39 is 0 Å². The summed E-state index contributed by atoms with van der Waals surface area (Å²) in [5, 5.41) is 3.52. The molecule has 0 aliphatic carbocycles. The number of hydrogen-bond donors (Lipinski definition) is 3. The number of amidine groups is 1. The largest absolute Gasteiger partial charge is 0.488 e. The summed E-state index contributed by atoms with van der Waals surface area (Å²) in [7, 11) is 3.18. The van der Waals surface area contributed by atoms with Gasteiger partial charge in [-0.05, 0) is 18.1 Å². The van der Waals surface area contributed by atoms with Crippen molar-refractivity contribution in [1.29, 1.82) is 0 Å².